The maximum atomic E-state index is 14.7. The Hall–Kier alpha value is -3.74. The summed E-state index contributed by atoms with van der Waals surface area (Å²) in [5, 5.41) is 2.92. The number of benzene rings is 2. The lowest BCUT2D eigenvalue weighted by Crippen LogP contribution is -2.40. The van der Waals surface area contributed by atoms with E-state index < -0.39 is 22.6 Å². The third-order valence-electron chi connectivity index (χ3n) is 6.06. The van der Waals surface area contributed by atoms with Crippen LogP contribution < -0.4 is 26.9 Å². The van der Waals surface area contributed by atoms with Gasteiger partial charge in [-0.05, 0) is 59.8 Å². The summed E-state index contributed by atoms with van der Waals surface area (Å²) < 4.78 is 24.3. The van der Waals surface area contributed by atoms with Gasteiger partial charge in [0.05, 0.1) is 16.9 Å². The Bertz CT molecular complexity index is 1740. The second kappa shape index (κ2) is 10.3. The SMILES string of the molecule is CCC(=O)COc1cccc(-n2c(=O)n(C)c(=O)c3c(Nc4ccc(I)cc4F)n(C)c(=O)c(C)c32)c1. The molecule has 0 fully saturated rings. The smallest absolute Gasteiger partial charge is 0.335 e. The van der Waals surface area contributed by atoms with Crippen molar-refractivity contribution < 1.29 is 13.9 Å². The zero-order valence-corrected chi connectivity index (χ0v) is 22.8. The summed E-state index contributed by atoms with van der Waals surface area (Å²) in [5.41, 5.74) is -1.15. The van der Waals surface area contributed by atoms with Crippen LogP contribution in [0.3, 0.4) is 0 Å². The van der Waals surface area contributed by atoms with Crippen molar-refractivity contribution in [1.82, 2.24) is 13.7 Å². The normalized spacial score (nSPS) is 11.1. The third-order valence-corrected chi connectivity index (χ3v) is 6.74. The van der Waals surface area contributed by atoms with Gasteiger partial charge < -0.3 is 10.1 Å². The fraction of sp³-hybridized carbons (Fsp3) is 0.231. The number of ether oxygens (including phenoxy) is 1. The van der Waals surface area contributed by atoms with Crippen LogP contribution in [0.4, 0.5) is 15.9 Å². The van der Waals surface area contributed by atoms with Crippen molar-refractivity contribution in [3.05, 3.63) is 88.6 Å². The highest BCUT2D eigenvalue weighted by Gasteiger charge is 2.23. The molecule has 0 saturated carbocycles. The number of aromatic nitrogens is 3. The number of ketones is 1. The van der Waals surface area contributed by atoms with E-state index in [1.807, 2.05) is 22.6 Å². The maximum absolute atomic E-state index is 14.7. The van der Waals surface area contributed by atoms with E-state index in [4.69, 9.17) is 4.74 Å². The monoisotopic (exact) mass is 618 g/mol. The number of hydrogen-bond acceptors (Lipinski definition) is 6. The van der Waals surface area contributed by atoms with Crippen molar-refractivity contribution in [2.45, 2.75) is 20.3 Å². The van der Waals surface area contributed by atoms with Crippen molar-refractivity contribution in [2.75, 3.05) is 11.9 Å². The molecule has 192 valence electrons. The number of pyridine rings is 1. The summed E-state index contributed by atoms with van der Waals surface area (Å²) in [6.45, 7) is 3.13. The van der Waals surface area contributed by atoms with E-state index in [1.165, 1.54) is 42.3 Å². The van der Waals surface area contributed by atoms with Crippen LogP contribution in [0.25, 0.3) is 16.6 Å². The van der Waals surface area contributed by atoms with Gasteiger partial charge in [0.2, 0.25) is 0 Å². The Morgan fingerprint density at radius 1 is 1.05 bits per heavy atom. The molecule has 0 atom stereocenters. The van der Waals surface area contributed by atoms with Gasteiger partial charge in [0.25, 0.3) is 11.1 Å². The van der Waals surface area contributed by atoms with Crippen LogP contribution >= 0.6 is 22.6 Å². The molecule has 0 aliphatic carbocycles. The number of nitrogens with zero attached hydrogens (tertiary/aromatic N) is 3. The highest BCUT2D eigenvalue weighted by Crippen LogP contribution is 2.28. The molecule has 2 aromatic carbocycles. The van der Waals surface area contributed by atoms with Crippen LogP contribution in [-0.4, -0.2) is 26.1 Å². The van der Waals surface area contributed by atoms with Crippen LogP contribution in [0.15, 0.2) is 56.8 Å². The van der Waals surface area contributed by atoms with Crippen LogP contribution in [0.2, 0.25) is 0 Å². The van der Waals surface area contributed by atoms with E-state index in [-0.39, 0.29) is 40.4 Å². The molecule has 4 rings (SSSR count). The van der Waals surface area contributed by atoms with Gasteiger partial charge in [-0.15, -0.1) is 0 Å². The van der Waals surface area contributed by atoms with E-state index in [1.54, 1.807) is 37.3 Å². The topological polar surface area (TPSA) is 104 Å². The van der Waals surface area contributed by atoms with Gasteiger partial charge in [0.1, 0.15) is 29.4 Å². The molecule has 2 heterocycles. The fourth-order valence-corrected chi connectivity index (χ4v) is 4.44. The van der Waals surface area contributed by atoms with Crippen LogP contribution in [0.1, 0.15) is 18.9 Å². The summed E-state index contributed by atoms with van der Waals surface area (Å²) in [6, 6.07) is 11.0. The Labute approximate surface area is 224 Å². The highest BCUT2D eigenvalue weighted by atomic mass is 127. The maximum Gasteiger partial charge on any atom is 0.335 e. The summed E-state index contributed by atoms with van der Waals surface area (Å²) >= 11 is 1.98. The largest absolute Gasteiger partial charge is 0.486 e. The first kappa shape index (κ1) is 26.3. The number of aryl methyl sites for hydroxylation is 1. The predicted molar refractivity (Wildman–Crippen MR) is 148 cm³/mol. The average Bonchev–Trinajstić information content (AvgIpc) is 2.88. The summed E-state index contributed by atoms with van der Waals surface area (Å²) in [7, 11) is 2.80. The average molecular weight is 618 g/mol. The Balaban J connectivity index is 2.04. The number of carbonyl (C=O) groups excluding carboxylic acids is 1. The molecule has 37 heavy (non-hydrogen) atoms. The van der Waals surface area contributed by atoms with Gasteiger partial charge in [-0.1, -0.05) is 13.0 Å². The number of rotatable bonds is 7. The molecule has 2 aromatic heterocycles. The van der Waals surface area contributed by atoms with E-state index in [2.05, 4.69) is 5.32 Å². The molecule has 0 radical (unpaired) electrons. The van der Waals surface area contributed by atoms with Gasteiger partial charge in [0, 0.05) is 35.7 Å². The Morgan fingerprint density at radius 3 is 2.46 bits per heavy atom. The zero-order chi connectivity index (χ0) is 27.0. The summed E-state index contributed by atoms with van der Waals surface area (Å²) in [4.78, 5) is 51.7. The van der Waals surface area contributed by atoms with E-state index in [0.29, 0.717) is 21.4 Å². The minimum absolute atomic E-state index is 0.0344. The molecule has 11 heteroatoms. The van der Waals surface area contributed by atoms with Crippen molar-refractivity contribution in [2.24, 2.45) is 14.1 Å². The number of carbonyl (C=O) groups is 1. The quantitative estimate of drug-likeness (QED) is 0.318. The van der Waals surface area contributed by atoms with Gasteiger partial charge in [-0.25, -0.2) is 9.18 Å². The van der Waals surface area contributed by atoms with Gasteiger partial charge in [-0.2, -0.15) is 0 Å². The molecule has 0 spiro atoms. The Kier molecular flexibility index (Phi) is 7.35. The molecule has 4 aromatic rings. The predicted octanol–water partition coefficient (Wildman–Crippen LogP) is 3.54. The molecular weight excluding hydrogens is 594 g/mol. The van der Waals surface area contributed by atoms with Crippen LogP contribution in [0, 0.1) is 16.3 Å². The van der Waals surface area contributed by atoms with Crippen molar-refractivity contribution in [3.8, 4) is 11.4 Å². The molecule has 1 N–H and O–H groups in total. The first-order chi connectivity index (χ1) is 17.5. The number of anilines is 2. The second-order valence-electron chi connectivity index (χ2n) is 8.47. The molecule has 0 bridgehead atoms. The molecular formula is C26H24FIN4O5. The second-order valence-corrected chi connectivity index (χ2v) is 9.72. The molecule has 0 saturated heterocycles. The van der Waals surface area contributed by atoms with Crippen molar-refractivity contribution in [3.63, 3.8) is 0 Å². The van der Waals surface area contributed by atoms with Crippen molar-refractivity contribution >= 4 is 50.8 Å². The first-order valence-corrected chi connectivity index (χ1v) is 12.4. The third kappa shape index (κ3) is 4.82. The standard InChI is InChI=1S/C26H24FIN4O5/c1-5-17(33)13-37-18-8-6-7-16(12-18)32-22-14(2)24(34)30(3)23(21(22)25(35)31(4)26(32)36)29-20-10-9-15(28)11-19(20)27/h6-12,29H,5,13H2,1-4H3. The van der Waals surface area contributed by atoms with E-state index >= 15 is 0 Å². The number of Topliss-reactive ketones (excluding diaryl/α,β-unsaturated/α-hetero) is 1. The highest BCUT2D eigenvalue weighted by molar-refractivity contribution is 14.1. The fourth-order valence-electron chi connectivity index (χ4n) is 3.99. The minimum Gasteiger partial charge on any atom is -0.486 e. The van der Waals surface area contributed by atoms with Gasteiger partial charge in [-0.3, -0.25) is 28.1 Å². The lowest BCUT2D eigenvalue weighted by molar-refractivity contribution is -0.120. The first-order valence-electron chi connectivity index (χ1n) is 11.4. The molecule has 0 unspecified atom stereocenters. The number of halogens is 2. The molecule has 0 aliphatic rings. The molecule has 0 amide bonds. The molecule has 9 nitrogen and oxygen atoms in total. The van der Waals surface area contributed by atoms with Crippen LogP contribution in [-0.2, 0) is 18.9 Å². The summed E-state index contributed by atoms with van der Waals surface area (Å²) in [6.07, 6.45) is 0.323. The summed E-state index contributed by atoms with van der Waals surface area (Å²) in [5.74, 6) is -0.271. The number of fused-ring (bicyclic) bond motifs is 1. The number of hydrogen-bond donors (Lipinski definition) is 1. The minimum atomic E-state index is -0.679. The van der Waals surface area contributed by atoms with E-state index in [9.17, 15) is 23.6 Å². The molecule has 0 aliphatic heterocycles. The lowest BCUT2D eigenvalue weighted by Gasteiger charge is -2.20. The lowest BCUT2D eigenvalue weighted by atomic mass is 10.1. The van der Waals surface area contributed by atoms with Gasteiger partial charge >= 0.3 is 5.69 Å². The zero-order valence-electron chi connectivity index (χ0n) is 20.6. The Morgan fingerprint density at radius 2 is 1.78 bits per heavy atom. The van der Waals surface area contributed by atoms with E-state index in [0.717, 1.165) is 4.57 Å². The number of nitrogens with one attached hydrogen (secondary N) is 1. The van der Waals surface area contributed by atoms with Crippen LogP contribution in [0.5, 0.6) is 5.75 Å². The van der Waals surface area contributed by atoms with Gasteiger partial charge in [0.15, 0.2) is 5.78 Å². The van der Waals surface area contributed by atoms with Crippen molar-refractivity contribution in [1.29, 1.82) is 0 Å².